The predicted molar refractivity (Wildman–Crippen MR) is 108 cm³/mol. The summed E-state index contributed by atoms with van der Waals surface area (Å²) in [7, 11) is 2.11. The third-order valence-electron chi connectivity index (χ3n) is 5.72. The van der Waals surface area contributed by atoms with Crippen LogP contribution in [0.4, 0.5) is 0 Å². The topological polar surface area (TPSA) is 29.6 Å². The van der Waals surface area contributed by atoms with Gasteiger partial charge in [-0.15, -0.1) is 0 Å². The summed E-state index contributed by atoms with van der Waals surface area (Å²) in [6.45, 7) is 0. The maximum atomic E-state index is 5.27. The lowest BCUT2D eigenvalue weighted by atomic mass is 9.90. The van der Waals surface area contributed by atoms with Gasteiger partial charge in [0.1, 0.15) is 0 Å². The Labute approximate surface area is 154 Å². The first kappa shape index (κ1) is 15.6. The van der Waals surface area contributed by atoms with Gasteiger partial charge in [0.05, 0.1) is 11.4 Å². The maximum Gasteiger partial charge on any atom is 0.151 e. The first-order valence-electron chi connectivity index (χ1n) is 9.56. The molecule has 1 saturated carbocycles. The quantitative estimate of drug-likeness (QED) is 0.618. The molecule has 0 atom stereocenters. The number of aryl methyl sites for hydroxylation is 1. The molecule has 26 heavy (non-hydrogen) atoms. The van der Waals surface area contributed by atoms with Gasteiger partial charge in [0.15, 0.2) is 5.66 Å². The number of hydrogen-bond acceptors (Lipinski definition) is 2. The van der Waals surface area contributed by atoms with Crippen molar-refractivity contribution in [2.45, 2.75) is 37.8 Å². The summed E-state index contributed by atoms with van der Waals surface area (Å²) in [5.41, 5.74) is 5.49. The van der Waals surface area contributed by atoms with E-state index in [9.17, 15) is 0 Å². The average molecular weight is 341 g/mol. The fourth-order valence-electron chi connectivity index (χ4n) is 4.40. The van der Waals surface area contributed by atoms with Gasteiger partial charge in [-0.25, -0.2) is 0 Å². The van der Waals surface area contributed by atoms with E-state index < -0.39 is 0 Å². The number of nitrogens with zero attached hydrogens (tertiary/aromatic N) is 3. The average Bonchev–Trinajstić information content (AvgIpc) is 3.22. The van der Waals surface area contributed by atoms with E-state index in [1.54, 1.807) is 0 Å². The Hall–Kier alpha value is -2.68. The molecule has 130 valence electrons. The maximum absolute atomic E-state index is 5.27. The van der Waals surface area contributed by atoms with Crippen molar-refractivity contribution in [2.75, 3.05) is 0 Å². The van der Waals surface area contributed by atoms with Crippen molar-refractivity contribution in [1.29, 1.82) is 0 Å². The van der Waals surface area contributed by atoms with Crippen molar-refractivity contribution >= 4 is 22.3 Å². The van der Waals surface area contributed by atoms with Crippen LogP contribution in [0.25, 0.3) is 10.9 Å². The number of para-hydroxylation sites is 1. The third kappa shape index (κ3) is 2.42. The van der Waals surface area contributed by atoms with Gasteiger partial charge >= 0.3 is 0 Å². The van der Waals surface area contributed by atoms with Crippen LogP contribution in [0.5, 0.6) is 0 Å². The molecule has 1 aliphatic carbocycles. The van der Waals surface area contributed by atoms with E-state index in [1.807, 2.05) is 0 Å². The molecule has 1 fully saturated rings. The highest BCUT2D eigenvalue weighted by Crippen LogP contribution is 2.39. The Morgan fingerprint density at radius 3 is 2.31 bits per heavy atom. The molecular formula is C23H23N3. The predicted octanol–water partition coefficient (Wildman–Crippen LogP) is 5.13. The van der Waals surface area contributed by atoms with E-state index in [0.717, 1.165) is 24.3 Å². The van der Waals surface area contributed by atoms with Gasteiger partial charge in [0.25, 0.3) is 0 Å². The van der Waals surface area contributed by atoms with Gasteiger partial charge in [-0.05, 0) is 31.7 Å². The lowest BCUT2D eigenvalue weighted by Gasteiger charge is -2.27. The van der Waals surface area contributed by atoms with Crippen molar-refractivity contribution in [3.8, 4) is 0 Å². The highest BCUT2D eigenvalue weighted by Gasteiger charge is 2.38. The highest BCUT2D eigenvalue weighted by atomic mass is 15.1. The first-order valence-corrected chi connectivity index (χ1v) is 9.56. The van der Waals surface area contributed by atoms with Gasteiger partial charge in [0, 0.05) is 35.3 Å². The van der Waals surface area contributed by atoms with E-state index in [-0.39, 0.29) is 5.66 Å². The lowest BCUT2D eigenvalue weighted by molar-refractivity contribution is 0.316. The highest BCUT2D eigenvalue weighted by molar-refractivity contribution is 6.56. The van der Waals surface area contributed by atoms with Gasteiger partial charge in [-0.3, -0.25) is 9.98 Å². The van der Waals surface area contributed by atoms with E-state index in [0.29, 0.717) is 0 Å². The van der Waals surface area contributed by atoms with Crippen LogP contribution in [-0.2, 0) is 7.05 Å². The molecule has 0 saturated heterocycles. The monoisotopic (exact) mass is 341 g/mol. The van der Waals surface area contributed by atoms with Crippen molar-refractivity contribution in [3.05, 3.63) is 71.9 Å². The van der Waals surface area contributed by atoms with Gasteiger partial charge in [0.2, 0.25) is 0 Å². The van der Waals surface area contributed by atoms with Crippen LogP contribution in [0.1, 0.15) is 43.2 Å². The molecule has 1 aliphatic heterocycles. The summed E-state index contributed by atoms with van der Waals surface area (Å²) in [4.78, 5) is 10.5. The number of fused-ring (bicyclic) bond motifs is 1. The lowest BCUT2D eigenvalue weighted by Crippen LogP contribution is -2.25. The Kier molecular flexibility index (Phi) is 3.56. The Bertz CT molecular complexity index is 1020. The largest absolute Gasteiger partial charge is 0.350 e. The standard InChI is InChI=1S/C23H23N3/c1-26-16-19(18-12-6-7-13-20(18)26)22-21(17-10-4-2-5-11-17)24-23(25-22)14-8-3-9-15-23/h2,4-7,10-13,16H,3,8-9,14-15H2,1H3. The van der Waals surface area contributed by atoms with E-state index in [4.69, 9.17) is 9.98 Å². The number of aromatic nitrogens is 1. The van der Waals surface area contributed by atoms with Crippen LogP contribution in [0.15, 0.2) is 70.8 Å². The Morgan fingerprint density at radius 2 is 1.50 bits per heavy atom. The molecule has 5 rings (SSSR count). The normalized spacial score (nSPS) is 19.0. The summed E-state index contributed by atoms with van der Waals surface area (Å²) < 4.78 is 2.20. The SMILES string of the molecule is Cn1cc(C2=NC3(CCCCC3)N=C2c2ccccc2)c2ccccc21. The first-order chi connectivity index (χ1) is 12.8. The molecule has 0 bridgehead atoms. The molecular weight excluding hydrogens is 318 g/mol. The number of rotatable bonds is 2. The van der Waals surface area contributed by atoms with Gasteiger partial charge < -0.3 is 4.57 Å². The fourth-order valence-corrected chi connectivity index (χ4v) is 4.40. The molecule has 0 N–H and O–H groups in total. The van der Waals surface area contributed by atoms with Crippen LogP contribution in [-0.4, -0.2) is 21.7 Å². The molecule has 2 aliphatic rings. The van der Waals surface area contributed by atoms with Crippen molar-refractivity contribution in [1.82, 2.24) is 4.57 Å². The summed E-state index contributed by atoms with van der Waals surface area (Å²) >= 11 is 0. The summed E-state index contributed by atoms with van der Waals surface area (Å²) in [5, 5.41) is 1.25. The molecule has 0 amide bonds. The summed E-state index contributed by atoms with van der Waals surface area (Å²) in [6.07, 6.45) is 8.09. The van der Waals surface area contributed by atoms with Gasteiger partial charge in [-0.1, -0.05) is 55.0 Å². The number of aliphatic imine (C=N–C) groups is 2. The smallest absolute Gasteiger partial charge is 0.151 e. The zero-order valence-corrected chi connectivity index (χ0v) is 15.2. The molecule has 3 nitrogen and oxygen atoms in total. The van der Waals surface area contributed by atoms with E-state index >= 15 is 0 Å². The molecule has 3 aromatic rings. The molecule has 2 aromatic carbocycles. The zero-order chi connectivity index (χ0) is 17.6. The number of benzene rings is 2. The fraction of sp³-hybridized carbons (Fsp3) is 0.304. The molecule has 0 unspecified atom stereocenters. The van der Waals surface area contributed by atoms with Crippen LogP contribution in [0, 0.1) is 0 Å². The van der Waals surface area contributed by atoms with Crippen LogP contribution in [0.2, 0.25) is 0 Å². The molecule has 0 radical (unpaired) electrons. The van der Waals surface area contributed by atoms with Crippen molar-refractivity contribution in [2.24, 2.45) is 17.0 Å². The molecule has 1 aromatic heterocycles. The van der Waals surface area contributed by atoms with Crippen LogP contribution < -0.4 is 0 Å². The van der Waals surface area contributed by atoms with Crippen molar-refractivity contribution in [3.63, 3.8) is 0 Å². The van der Waals surface area contributed by atoms with Crippen molar-refractivity contribution < 1.29 is 0 Å². The van der Waals surface area contributed by atoms with Crippen LogP contribution in [0.3, 0.4) is 0 Å². The Morgan fingerprint density at radius 1 is 0.808 bits per heavy atom. The van der Waals surface area contributed by atoms with Gasteiger partial charge in [-0.2, -0.15) is 0 Å². The summed E-state index contributed by atoms with van der Waals surface area (Å²) in [5.74, 6) is 0. The molecule has 1 spiro atoms. The van der Waals surface area contributed by atoms with Crippen LogP contribution >= 0.6 is 0 Å². The minimum absolute atomic E-state index is 0.240. The third-order valence-corrected chi connectivity index (χ3v) is 5.72. The van der Waals surface area contributed by atoms with E-state index in [1.165, 1.54) is 41.3 Å². The second-order valence-corrected chi connectivity index (χ2v) is 7.50. The zero-order valence-electron chi connectivity index (χ0n) is 15.2. The second-order valence-electron chi connectivity index (χ2n) is 7.50. The number of hydrogen-bond donors (Lipinski definition) is 0. The second kappa shape index (κ2) is 5.94. The minimum atomic E-state index is -0.240. The summed E-state index contributed by atoms with van der Waals surface area (Å²) in [6, 6.07) is 19.1. The Balaban J connectivity index is 1.72. The molecule has 2 heterocycles. The molecule has 3 heteroatoms. The minimum Gasteiger partial charge on any atom is -0.350 e. The van der Waals surface area contributed by atoms with E-state index in [2.05, 4.69) is 72.4 Å².